The Morgan fingerprint density at radius 3 is 1.48 bits per heavy atom. The predicted molar refractivity (Wildman–Crippen MR) is 127 cm³/mol. The lowest BCUT2D eigenvalue weighted by Gasteiger charge is -2.41. The molecule has 3 rings (SSSR count). The molecule has 0 amide bonds. The molecular formula is C24H26N2O6Si. The summed E-state index contributed by atoms with van der Waals surface area (Å²) in [5.74, 6) is 0. The molecule has 172 valence electrons. The van der Waals surface area contributed by atoms with Gasteiger partial charge in [0.05, 0.1) is 34.2 Å². The fraction of sp³-hybridized carbons (Fsp3) is 0.250. The molecule has 33 heavy (non-hydrogen) atoms. The molecule has 0 atom stereocenters. The van der Waals surface area contributed by atoms with Gasteiger partial charge in [0, 0.05) is 17.2 Å². The summed E-state index contributed by atoms with van der Waals surface area (Å²) >= 11 is 0. The van der Waals surface area contributed by atoms with Crippen LogP contribution in [0.1, 0.15) is 31.9 Å². The van der Waals surface area contributed by atoms with Crippen molar-refractivity contribution in [1.29, 1.82) is 0 Å². The van der Waals surface area contributed by atoms with Gasteiger partial charge in [-0.3, -0.25) is 20.2 Å². The smallest absolute Gasteiger partial charge is 0.378 e. The second kappa shape index (κ2) is 10.0. The summed E-state index contributed by atoms with van der Waals surface area (Å²) in [5, 5.41) is 23.3. The molecule has 9 heteroatoms. The molecule has 0 aromatic heterocycles. The molecule has 0 saturated carbocycles. The van der Waals surface area contributed by atoms with Crippen LogP contribution in [0.3, 0.4) is 0 Å². The molecule has 0 saturated heterocycles. The summed E-state index contributed by atoms with van der Waals surface area (Å²) in [4.78, 5) is 22.1. The lowest BCUT2D eigenvalue weighted by Crippen LogP contribution is -2.60. The van der Waals surface area contributed by atoms with Crippen molar-refractivity contribution in [1.82, 2.24) is 0 Å². The van der Waals surface area contributed by atoms with Gasteiger partial charge in [-0.25, -0.2) is 0 Å². The molecule has 0 spiro atoms. The van der Waals surface area contributed by atoms with E-state index in [1.807, 2.05) is 51.1 Å². The van der Waals surface area contributed by atoms with Crippen LogP contribution in [-0.2, 0) is 22.1 Å². The zero-order valence-electron chi connectivity index (χ0n) is 18.8. The van der Waals surface area contributed by atoms with Crippen molar-refractivity contribution in [3.05, 3.63) is 110 Å². The number of para-hydroxylation sites is 2. The van der Waals surface area contributed by atoms with E-state index in [1.165, 1.54) is 12.1 Å². The lowest BCUT2D eigenvalue weighted by molar-refractivity contribution is -0.385. The molecule has 0 unspecified atom stereocenters. The van der Waals surface area contributed by atoms with E-state index in [-0.39, 0.29) is 24.6 Å². The fourth-order valence-electron chi connectivity index (χ4n) is 3.71. The molecule has 3 aromatic rings. The summed E-state index contributed by atoms with van der Waals surface area (Å²) in [5.41, 5.74) is 0.824. The van der Waals surface area contributed by atoms with Crippen LogP contribution < -0.4 is 5.19 Å². The molecule has 0 fully saturated rings. The van der Waals surface area contributed by atoms with Crippen LogP contribution in [0.2, 0.25) is 5.04 Å². The Labute approximate surface area is 193 Å². The van der Waals surface area contributed by atoms with Crippen molar-refractivity contribution in [3.8, 4) is 0 Å². The molecule has 8 nitrogen and oxygen atoms in total. The fourth-order valence-corrected chi connectivity index (χ4v) is 7.21. The largest absolute Gasteiger partial charge is 0.386 e. The van der Waals surface area contributed by atoms with Gasteiger partial charge in [-0.15, -0.1) is 0 Å². The number of nitro benzene ring substituents is 2. The van der Waals surface area contributed by atoms with Gasteiger partial charge in [0.15, 0.2) is 0 Å². The first-order chi connectivity index (χ1) is 15.7. The highest BCUT2D eigenvalue weighted by Crippen LogP contribution is 2.39. The molecule has 0 N–H and O–H groups in total. The average Bonchev–Trinajstić information content (AvgIpc) is 2.79. The molecule has 0 aliphatic heterocycles. The van der Waals surface area contributed by atoms with Crippen molar-refractivity contribution >= 4 is 25.1 Å². The normalized spacial score (nSPS) is 11.8. The van der Waals surface area contributed by atoms with Gasteiger partial charge in [0.1, 0.15) is 0 Å². The van der Waals surface area contributed by atoms with E-state index in [2.05, 4.69) is 0 Å². The molecule has 0 aliphatic rings. The quantitative estimate of drug-likeness (QED) is 0.238. The van der Waals surface area contributed by atoms with E-state index in [4.69, 9.17) is 8.85 Å². The highest BCUT2D eigenvalue weighted by molar-refractivity contribution is 6.83. The minimum Gasteiger partial charge on any atom is -0.386 e. The first kappa shape index (κ1) is 24.2. The van der Waals surface area contributed by atoms with E-state index >= 15 is 0 Å². The standard InChI is InChI=1S/C24H26N2O6Si/c1-24(2,3)33(21-13-5-4-6-14-21,31-17-19-11-7-9-15-22(19)25(27)28)32-18-20-12-8-10-16-23(20)26(29)30/h4-16H,17-18H2,1-3H3. The topological polar surface area (TPSA) is 105 Å². The van der Waals surface area contributed by atoms with E-state index in [9.17, 15) is 20.2 Å². The highest BCUT2D eigenvalue weighted by atomic mass is 28.4. The van der Waals surface area contributed by atoms with Gasteiger partial charge >= 0.3 is 8.56 Å². The maximum atomic E-state index is 11.5. The minimum atomic E-state index is -3.30. The number of rotatable bonds is 9. The maximum Gasteiger partial charge on any atom is 0.378 e. The van der Waals surface area contributed by atoms with Crippen molar-refractivity contribution in [2.45, 2.75) is 39.0 Å². The van der Waals surface area contributed by atoms with Crippen LogP contribution in [0.25, 0.3) is 0 Å². The molecule has 3 aromatic carbocycles. The van der Waals surface area contributed by atoms with Crippen LogP contribution in [0.15, 0.2) is 78.9 Å². The Balaban J connectivity index is 2.03. The van der Waals surface area contributed by atoms with Crippen LogP contribution in [0.4, 0.5) is 11.4 Å². The highest BCUT2D eigenvalue weighted by Gasteiger charge is 2.52. The van der Waals surface area contributed by atoms with Crippen LogP contribution in [-0.4, -0.2) is 18.4 Å². The first-order valence-electron chi connectivity index (χ1n) is 10.4. The Morgan fingerprint density at radius 1 is 0.697 bits per heavy atom. The predicted octanol–water partition coefficient (Wildman–Crippen LogP) is 5.39. The summed E-state index contributed by atoms with van der Waals surface area (Å²) in [6.07, 6.45) is 0. The summed E-state index contributed by atoms with van der Waals surface area (Å²) in [6.45, 7) is 5.93. The van der Waals surface area contributed by atoms with Gasteiger partial charge in [0.2, 0.25) is 0 Å². The third kappa shape index (κ3) is 5.33. The van der Waals surface area contributed by atoms with E-state index in [0.717, 1.165) is 5.19 Å². The number of hydrogen-bond acceptors (Lipinski definition) is 6. The molecule has 0 heterocycles. The summed E-state index contributed by atoms with van der Waals surface area (Å²) < 4.78 is 13.0. The first-order valence-corrected chi connectivity index (χ1v) is 12.3. The second-order valence-electron chi connectivity index (χ2n) is 8.58. The average molecular weight is 467 g/mol. The summed E-state index contributed by atoms with van der Waals surface area (Å²) in [7, 11) is -3.30. The third-order valence-electron chi connectivity index (χ3n) is 5.38. The summed E-state index contributed by atoms with van der Waals surface area (Å²) in [6, 6.07) is 22.3. The molecule has 0 radical (unpaired) electrons. The van der Waals surface area contributed by atoms with Gasteiger partial charge < -0.3 is 8.85 Å². The second-order valence-corrected chi connectivity index (χ2v) is 12.5. The molecule has 0 bridgehead atoms. The van der Waals surface area contributed by atoms with Crippen LogP contribution in [0.5, 0.6) is 0 Å². The van der Waals surface area contributed by atoms with Crippen molar-refractivity contribution in [2.24, 2.45) is 0 Å². The van der Waals surface area contributed by atoms with Gasteiger partial charge in [-0.1, -0.05) is 75.4 Å². The van der Waals surface area contributed by atoms with Gasteiger partial charge in [-0.05, 0) is 17.3 Å². The molecule has 0 aliphatic carbocycles. The molecular weight excluding hydrogens is 440 g/mol. The number of hydrogen-bond donors (Lipinski definition) is 0. The monoisotopic (exact) mass is 466 g/mol. The third-order valence-corrected chi connectivity index (χ3v) is 9.55. The maximum absolute atomic E-state index is 11.5. The number of nitro groups is 2. The zero-order chi connectivity index (χ0) is 24.1. The van der Waals surface area contributed by atoms with Crippen molar-refractivity contribution < 1.29 is 18.7 Å². The number of nitrogens with zero attached hydrogens (tertiary/aromatic N) is 2. The SMILES string of the molecule is CC(C)(C)[Si](OCc1ccccc1[N+](=O)[O-])(OCc1ccccc1[N+](=O)[O-])c1ccccc1. The van der Waals surface area contributed by atoms with Crippen molar-refractivity contribution in [3.63, 3.8) is 0 Å². The van der Waals surface area contributed by atoms with Crippen LogP contribution >= 0.6 is 0 Å². The Morgan fingerprint density at radius 2 is 1.09 bits per heavy atom. The van der Waals surface area contributed by atoms with Gasteiger partial charge in [-0.2, -0.15) is 0 Å². The Kier molecular flexibility index (Phi) is 7.37. The van der Waals surface area contributed by atoms with Gasteiger partial charge in [0.25, 0.3) is 11.4 Å². The number of benzene rings is 3. The Bertz CT molecular complexity index is 1070. The van der Waals surface area contributed by atoms with E-state index < -0.39 is 23.4 Å². The zero-order valence-corrected chi connectivity index (χ0v) is 19.8. The van der Waals surface area contributed by atoms with Crippen LogP contribution in [0, 0.1) is 20.2 Å². The lowest BCUT2D eigenvalue weighted by atomic mass is 10.2. The van der Waals surface area contributed by atoms with E-state index in [0.29, 0.717) is 11.1 Å². The minimum absolute atomic E-state index is 0.0214. The van der Waals surface area contributed by atoms with Crippen molar-refractivity contribution in [2.75, 3.05) is 0 Å². The van der Waals surface area contributed by atoms with E-state index in [1.54, 1.807) is 36.4 Å². The Hall–Kier alpha value is -3.40.